The topological polar surface area (TPSA) is 57.6 Å². The van der Waals surface area contributed by atoms with Gasteiger partial charge in [0.05, 0.1) is 27.9 Å². The number of aliphatic hydroxyl groups is 1. The smallest absolute Gasteiger partial charge is 0.264 e. The van der Waals surface area contributed by atoms with Crippen LogP contribution in [0, 0.1) is 5.82 Å². The largest absolute Gasteiger partial charge is 0.375 e. The van der Waals surface area contributed by atoms with Crippen molar-refractivity contribution in [3.05, 3.63) is 86.8 Å². The van der Waals surface area contributed by atoms with E-state index in [4.69, 9.17) is 11.6 Å². The molecule has 1 aliphatic heterocycles. The fraction of sp³-hybridized carbons (Fsp3) is 0.143. The van der Waals surface area contributed by atoms with Gasteiger partial charge in [0.1, 0.15) is 5.82 Å². The number of fused-ring (bicyclic) bond motifs is 1. The van der Waals surface area contributed by atoms with Gasteiger partial charge in [0.15, 0.2) is 11.4 Å². The van der Waals surface area contributed by atoms with Crippen molar-refractivity contribution in [2.24, 2.45) is 0 Å². The zero-order valence-corrected chi connectivity index (χ0v) is 16.1. The zero-order valence-electron chi connectivity index (χ0n) is 14.6. The van der Waals surface area contributed by atoms with Crippen LogP contribution in [0.5, 0.6) is 0 Å². The third kappa shape index (κ3) is 3.24. The van der Waals surface area contributed by atoms with Crippen LogP contribution in [0.1, 0.15) is 27.2 Å². The van der Waals surface area contributed by atoms with Crippen LogP contribution in [0.2, 0.25) is 4.34 Å². The maximum Gasteiger partial charge on any atom is 0.264 e. The maximum absolute atomic E-state index is 13.5. The van der Waals surface area contributed by atoms with Crippen molar-refractivity contribution in [2.75, 3.05) is 4.90 Å². The highest BCUT2D eigenvalue weighted by atomic mass is 35.5. The molecular formula is C21H15ClFNO3S. The van der Waals surface area contributed by atoms with Crippen LogP contribution in [0.25, 0.3) is 0 Å². The second-order valence-corrected chi connectivity index (χ2v) is 8.32. The van der Waals surface area contributed by atoms with Crippen molar-refractivity contribution in [3.8, 4) is 0 Å². The number of Topliss-reactive ketones (excluding diaryl/α,β-unsaturated/α-hetero) is 1. The molecule has 28 heavy (non-hydrogen) atoms. The highest BCUT2D eigenvalue weighted by Crippen LogP contribution is 2.43. The summed E-state index contributed by atoms with van der Waals surface area (Å²) >= 11 is 6.99. The number of thiophene rings is 1. The molecule has 0 saturated heterocycles. The second-order valence-electron chi connectivity index (χ2n) is 6.60. The predicted molar refractivity (Wildman–Crippen MR) is 106 cm³/mol. The first-order chi connectivity index (χ1) is 13.4. The van der Waals surface area contributed by atoms with Crippen LogP contribution < -0.4 is 4.90 Å². The van der Waals surface area contributed by atoms with Crippen molar-refractivity contribution in [1.29, 1.82) is 0 Å². The first-order valence-corrected chi connectivity index (χ1v) is 9.75. The molecule has 0 fully saturated rings. The molecule has 4 nitrogen and oxygen atoms in total. The minimum Gasteiger partial charge on any atom is -0.375 e. The number of halogens is 2. The first-order valence-electron chi connectivity index (χ1n) is 8.55. The molecule has 0 bridgehead atoms. The van der Waals surface area contributed by atoms with Gasteiger partial charge in [0, 0.05) is 5.56 Å². The van der Waals surface area contributed by atoms with Crippen molar-refractivity contribution in [1.82, 2.24) is 0 Å². The van der Waals surface area contributed by atoms with Crippen LogP contribution >= 0.6 is 22.9 Å². The summed E-state index contributed by atoms with van der Waals surface area (Å²) in [6.45, 7) is 0.0922. The quantitative estimate of drug-likeness (QED) is 0.622. The minimum absolute atomic E-state index is 0.0922. The van der Waals surface area contributed by atoms with E-state index in [-0.39, 0.29) is 18.7 Å². The van der Waals surface area contributed by atoms with Gasteiger partial charge in [-0.3, -0.25) is 9.59 Å². The third-order valence-electron chi connectivity index (χ3n) is 4.73. The van der Waals surface area contributed by atoms with Gasteiger partial charge in [0.25, 0.3) is 5.91 Å². The number of nitrogens with zero attached hydrogens (tertiary/aromatic N) is 1. The summed E-state index contributed by atoms with van der Waals surface area (Å²) < 4.78 is 14.0. The van der Waals surface area contributed by atoms with E-state index in [1.807, 2.05) is 0 Å². The molecule has 0 aliphatic carbocycles. The van der Waals surface area contributed by atoms with Crippen LogP contribution in [0.3, 0.4) is 0 Å². The van der Waals surface area contributed by atoms with Crippen molar-refractivity contribution in [2.45, 2.75) is 18.6 Å². The highest BCUT2D eigenvalue weighted by molar-refractivity contribution is 7.18. The normalized spacial score (nSPS) is 18.4. The number of hydrogen-bond donors (Lipinski definition) is 1. The van der Waals surface area contributed by atoms with Crippen LogP contribution in [0.15, 0.2) is 60.7 Å². The fourth-order valence-corrected chi connectivity index (χ4v) is 4.42. The van der Waals surface area contributed by atoms with Gasteiger partial charge >= 0.3 is 0 Å². The van der Waals surface area contributed by atoms with Gasteiger partial charge < -0.3 is 10.0 Å². The van der Waals surface area contributed by atoms with Gasteiger partial charge in [-0.05, 0) is 35.9 Å². The molecule has 1 aliphatic rings. The number of anilines is 1. The van der Waals surface area contributed by atoms with E-state index in [0.29, 0.717) is 26.0 Å². The van der Waals surface area contributed by atoms with Gasteiger partial charge in [-0.2, -0.15) is 0 Å². The molecule has 1 unspecified atom stereocenters. The Bertz CT molecular complexity index is 1080. The molecule has 4 rings (SSSR count). The van der Waals surface area contributed by atoms with Crippen LogP contribution in [-0.4, -0.2) is 16.8 Å². The van der Waals surface area contributed by atoms with E-state index < -0.39 is 17.3 Å². The summed E-state index contributed by atoms with van der Waals surface area (Å²) in [5, 5.41) is 11.2. The molecule has 0 saturated carbocycles. The van der Waals surface area contributed by atoms with Gasteiger partial charge in [-0.1, -0.05) is 41.9 Å². The van der Waals surface area contributed by atoms with Crippen LogP contribution in [-0.2, 0) is 16.9 Å². The van der Waals surface area contributed by atoms with E-state index in [1.54, 1.807) is 48.5 Å². The lowest BCUT2D eigenvalue weighted by Gasteiger charge is -2.22. The Hall–Kier alpha value is -2.54. The first kappa shape index (κ1) is 18.8. The molecule has 1 amide bonds. The minimum atomic E-state index is -1.97. The summed E-state index contributed by atoms with van der Waals surface area (Å²) in [4.78, 5) is 27.6. The van der Waals surface area contributed by atoms with Crippen LogP contribution in [0.4, 0.5) is 10.1 Å². The summed E-state index contributed by atoms with van der Waals surface area (Å²) in [5.41, 5.74) is -0.510. The molecule has 1 N–H and O–H groups in total. The van der Waals surface area contributed by atoms with Gasteiger partial charge in [0.2, 0.25) is 0 Å². The predicted octanol–water partition coefficient (Wildman–Crippen LogP) is 4.55. The Morgan fingerprint density at radius 2 is 1.93 bits per heavy atom. The molecule has 3 aromatic rings. The Kier molecular flexibility index (Phi) is 4.79. The Morgan fingerprint density at radius 1 is 1.14 bits per heavy atom. The average molecular weight is 416 g/mol. The van der Waals surface area contributed by atoms with E-state index in [0.717, 1.165) is 11.3 Å². The summed E-state index contributed by atoms with van der Waals surface area (Å²) in [5.74, 6) is -1.37. The summed E-state index contributed by atoms with van der Waals surface area (Å²) in [6, 6.07) is 15.9. The number of ketones is 1. The van der Waals surface area contributed by atoms with E-state index in [1.165, 1.54) is 17.0 Å². The standard InChI is InChI=1S/C21H15ClFNO3S/c22-19-9-8-18(28-19)17(25)11-21(27)15-6-1-2-7-16(15)24(20(21)26)12-13-4-3-5-14(23)10-13/h1-10,27H,11-12H2. The molecule has 7 heteroatoms. The Balaban J connectivity index is 1.68. The molecule has 2 aromatic carbocycles. The van der Waals surface area contributed by atoms with Gasteiger partial charge in [-0.25, -0.2) is 4.39 Å². The lowest BCUT2D eigenvalue weighted by atomic mass is 9.89. The molecule has 0 spiro atoms. The number of rotatable bonds is 5. The highest BCUT2D eigenvalue weighted by Gasteiger charge is 2.50. The monoisotopic (exact) mass is 415 g/mol. The summed E-state index contributed by atoms with van der Waals surface area (Å²) in [7, 11) is 0. The average Bonchev–Trinajstić information content (AvgIpc) is 3.19. The molecule has 2 heterocycles. The second kappa shape index (κ2) is 7.13. The summed E-state index contributed by atoms with van der Waals surface area (Å²) in [6.07, 6.45) is -0.390. The number of carbonyl (C=O) groups is 2. The Labute approximate surface area is 169 Å². The third-order valence-corrected chi connectivity index (χ3v) is 6.01. The SMILES string of the molecule is O=C(CC1(O)C(=O)N(Cc2cccc(F)c2)c2ccccc21)c1ccc(Cl)s1. The maximum atomic E-state index is 13.5. The van der Waals surface area contributed by atoms with Crippen molar-refractivity contribution < 1.29 is 19.1 Å². The number of para-hydroxylation sites is 1. The van der Waals surface area contributed by atoms with Crippen molar-refractivity contribution in [3.63, 3.8) is 0 Å². The lowest BCUT2D eigenvalue weighted by molar-refractivity contribution is -0.136. The van der Waals surface area contributed by atoms with Gasteiger partial charge in [-0.15, -0.1) is 11.3 Å². The fourth-order valence-electron chi connectivity index (χ4n) is 3.44. The molecule has 1 aromatic heterocycles. The lowest BCUT2D eigenvalue weighted by Crippen LogP contribution is -2.41. The molecule has 1 atom stereocenters. The number of carbonyl (C=O) groups excluding carboxylic acids is 2. The molecule has 0 radical (unpaired) electrons. The number of amides is 1. The van der Waals surface area contributed by atoms with E-state index >= 15 is 0 Å². The number of benzene rings is 2. The van der Waals surface area contributed by atoms with E-state index in [2.05, 4.69) is 0 Å². The van der Waals surface area contributed by atoms with Crippen molar-refractivity contribution >= 4 is 40.3 Å². The van der Waals surface area contributed by atoms with E-state index in [9.17, 15) is 19.1 Å². The Morgan fingerprint density at radius 3 is 2.64 bits per heavy atom. The molecular weight excluding hydrogens is 401 g/mol. The zero-order chi connectivity index (χ0) is 19.9. The molecule has 142 valence electrons. The number of hydrogen-bond acceptors (Lipinski definition) is 4.